The van der Waals surface area contributed by atoms with E-state index in [2.05, 4.69) is 41.2 Å². The first-order valence-corrected chi connectivity index (χ1v) is 5.82. The lowest BCUT2D eigenvalue weighted by atomic mass is 9.77. The molecule has 1 spiro atoms. The topological polar surface area (TPSA) is 41.6 Å². The average Bonchev–Trinajstić information content (AvgIpc) is 2.58. The number of aliphatic imine (C=N–C) groups is 1. The zero-order chi connectivity index (χ0) is 11.2. The van der Waals surface area contributed by atoms with E-state index in [1.54, 1.807) is 0 Å². The summed E-state index contributed by atoms with van der Waals surface area (Å²) >= 11 is 0. The SMILES string of the molecule is CN1C(N)=NCC12CCc1ccccc1C2. The van der Waals surface area contributed by atoms with Crippen molar-refractivity contribution in [3.8, 4) is 0 Å². The molecule has 84 valence electrons. The number of hydrogen-bond donors (Lipinski definition) is 1. The number of guanidine groups is 1. The second-order valence-electron chi connectivity index (χ2n) is 4.90. The lowest BCUT2D eigenvalue weighted by Gasteiger charge is -2.40. The summed E-state index contributed by atoms with van der Waals surface area (Å²) < 4.78 is 0. The fourth-order valence-corrected chi connectivity index (χ4v) is 2.89. The van der Waals surface area contributed by atoms with Gasteiger partial charge in [0.15, 0.2) is 5.96 Å². The zero-order valence-electron chi connectivity index (χ0n) is 9.61. The molecule has 0 aromatic heterocycles. The molecule has 1 atom stereocenters. The van der Waals surface area contributed by atoms with E-state index < -0.39 is 0 Å². The van der Waals surface area contributed by atoms with Gasteiger partial charge in [0.1, 0.15) is 0 Å². The maximum absolute atomic E-state index is 5.88. The van der Waals surface area contributed by atoms with Crippen molar-refractivity contribution in [3.05, 3.63) is 35.4 Å². The van der Waals surface area contributed by atoms with Crippen LogP contribution in [0.2, 0.25) is 0 Å². The van der Waals surface area contributed by atoms with Crippen LogP contribution in [0.1, 0.15) is 17.5 Å². The molecular weight excluding hydrogens is 198 g/mol. The van der Waals surface area contributed by atoms with Gasteiger partial charge in [0.25, 0.3) is 0 Å². The third kappa shape index (κ3) is 1.24. The molecule has 1 aromatic rings. The van der Waals surface area contributed by atoms with Gasteiger partial charge in [0, 0.05) is 7.05 Å². The van der Waals surface area contributed by atoms with Crippen LogP contribution >= 0.6 is 0 Å². The van der Waals surface area contributed by atoms with Crippen LogP contribution in [0.5, 0.6) is 0 Å². The summed E-state index contributed by atoms with van der Waals surface area (Å²) in [6, 6.07) is 8.72. The van der Waals surface area contributed by atoms with Crippen LogP contribution in [0, 0.1) is 0 Å². The summed E-state index contributed by atoms with van der Waals surface area (Å²) in [4.78, 5) is 6.56. The highest BCUT2D eigenvalue weighted by atomic mass is 15.3. The van der Waals surface area contributed by atoms with Gasteiger partial charge in [0.05, 0.1) is 12.1 Å². The predicted octanol–water partition coefficient (Wildman–Crippen LogP) is 1.17. The summed E-state index contributed by atoms with van der Waals surface area (Å²) in [6.45, 7) is 0.851. The number of nitrogens with two attached hydrogens (primary N) is 1. The van der Waals surface area contributed by atoms with Gasteiger partial charge in [-0.05, 0) is 30.4 Å². The molecule has 0 bridgehead atoms. The van der Waals surface area contributed by atoms with Gasteiger partial charge in [0.2, 0.25) is 0 Å². The molecule has 0 saturated carbocycles. The average molecular weight is 215 g/mol. The Morgan fingerprint density at radius 3 is 2.75 bits per heavy atom. The fourth-order valence-electron chi connectivity index (χ4n) is 2.89. The van der Waals surface area contributed by atoms with Crippen LogP contribution in [0.3, 0.4) is 0 Å². The predicted molar refractivity (Wildman–Crippen MR) is 65.5 cm³/mol. The number of hydrogen-bond acceptors (Lipinski definition) is 3. The Balaban J connectivity index is 1.94. The maximum Gasteiger partial charge on any atom is 0.191 e. The Morgan fingerprint density at radius 2 is 2.06 bits per heavy atom. The van der Waals surface area contributed by atoms with Crippen molar-refractivity contribution in [2.45, 2.75) is 24.8 Å². The quantitative estimate of drug-likeness (QED) is 0.706. The van der Waals surface area contributed by atoms with Gasteiger partial charge in [-0.15, -0.1) is 0 Å². The minimum absolute atomic E-state index is 0.151. The highest BCUT2D eigenvalue weighted by molar-refractivity contribution is 5.80. The lowest BCUT2D eigenvalue weighted by molar-refractivity contribution is 0.207. The Bertz CT molecular complexity index is 452. The van der Waals surface area contributed by atoms with Crippen molar-refractivity contribution < 1.29 is 0 Å². The Morgan fingerprint density at radius 1 is 1.31 bits per heavy atom. The first-order valence-electron chi connectivity index (χ1n) is 5.82. The summed E-state index contributed by atoms with van der Waals surface area (Å²) in [7, 11) is 2.07. The summed E-state index contributed by atoms with van der Waals surface area (Å²) in [5.74, 6) is 0.694. The standard InChI is InChI=1S/C13H17N3/c1-16-12(14)15-9-13(16)7-6-10-4-2-3-5-11(10)8-13/h2-5H,6-9H2,1H3,(H2,14,15). The van der Waals surface area contributed by atoms with E-state index in [9.17, 15) is 0 Å². The zero-order valence-corrected chi connectivity index (χ0v) is 9.61. The van der Waals surface area contributed by atoms with Crippen LogP contribution < -0.4 is 5.73 Å². The summed E-state index contributed by atoms with van der Waals surface area (Å²) in [5, 5.41) is 0. The van der Waals surface area contributed by atoms with Crippen LogP contribution in [-0.2, 0) is 12.8 Å². The van der Waals surface area contributed by atoms with E-state index in [0.29, 0.717) is 5.96 Å². The molecule has 1 unspecified atom stereocenters. The second kappa shape index (κ2) is 3.24. The lowest BCUT2D eigenvalue weighted by Crippen LogP contribution is -2.52. The Kier molecular flexibility index (Phi) is 1.96. The first kappa shape index (κ1) is 9.70. The number of benzene rings is 1. The van der Waals surface area contributed by atoms with Gasteiger partial charge in [-0.2, -0.15) is 0 Å². The molecule has 2 aliphatic rings. The van der Waals surface area contributed by atoms with E-state index in [4.69, 9.17) is 5.73 Å². The summed E-state index contributed by atoms with van der Waals surface area (Å²) in [5.41, 5.74) is 8.99. The summed E-state index contributed by atoms with van der Waals surface area (Å²) in [6.07, 6.45) is 3.37. The van der Waals surface area contributed by atoms with Crippen LogP contribution in [0.15, 0.2) is 29.3 Å². The molecule has 1 aromatic carbocycles. The third-order valence-corrected chi connectivity index (χ3v) is 4.09. The van der Waals surface area contributed by atoms with Gasteiger partial charge in [-0.1, -0.05) is 24.3 Å². The van der Waals surface area contributed by atoms with Crippen molar-refractivity contribution in [2.75, 3.05) is 13.6 Å². The van der Waals surface area contributed by atoms with Crippen molar-refractivity contribution in [3.63, 3.8) is 0 Å². The van der Waals surface area contributed by atoms with Crippen molar-refractivity contribution in [1.29, 1.82) is 0 Å². The molecule has 0 amide bonds. The number of fused-ring (bicyclic) bond motifs is 1. The smallest absolute Gasteiger partial charge is 0.191 e. The highest BCUT2D eigenvalue weighted by Crippen LogP contribution is 2.35. The monoisotopic (exact) mass is 215 g/mol. The second-order valence-corrected chi connectivity index (χ2v) is 4.90. The maximum atomic E-state index is 5.88. The molecule has 0 fully saturated rings. The molecule has 3 nitrogen and oxygen atoms in total. The van der Waals surface area contributed by atoms with E-state index >= 15 is 0 Å². The van der Waals surface area contributed by atoms with Gasteiger partial charge < -0.3 is 10.6 Å². The van der Waals surface area contributed by atoms with Crippen LogP contribution in [0.4, 0.5) is 0 Å². The number of likely N-dealkylation sites (N-methyl/N-ethyl adjacent to an activating group) is 1. The molecule has 2 N–H and O–H groups in total. The first-order chi connectivity index (χ1) is 7.71. The minimum Gasteiger partial charge on any atom is -0.370 e. The van der Waals surface area contributed by atoms with E-state index in [1.165, 1.54) is 11.1 Å². The van der Waals surface area contributed by atoms with E-state index in [1.807, 2.05) is 0 Å². The highest BCUT2D eigenvalue weighted by Gasteiger charge is 2.42. The normalized spacial score (nSPS) is 28.1. The van der Waals surface area contributed by atoms with Gasteiger partial charge in [-0.25, -0.2) is 0 Å². The largest absolute Gasteiger partial charge is 0.370 e. The van der Waals surface area contributed by atoms with Crippen LogP contribution in [-0.4, -0.2) is 30.0 Å². The number of aryl methyl sites for hydroxylation is 1. The Labute approximate surface area is 96.0 Å². The molecule has 3 heteroatoms. The molecule has 0 saturated heterocycles. The number of nitrogens with zero attached hydrogens (tertiary/aromatic N) is 2. The fraction of sp³-hybridized carbons (Fsp3) is 0.462. The third-order valence-electron chi connectivity index (χ3n) is 4.09. The van der Waals surface area contributed by atoms with Crippen molar-refractivity contribution in [2.24, 2.45) is 10.7 Å². The van der Waals surface area contributed by atoms with E-state index in [-0.39, 0.29) is 5.54 Å². The van der Waals surface area contributed by atoms with E-state index in [0.717, 1.165) is 25.8 Å². The molecule has 1 aliphatic heterocycles. The van der Waals surface area contributed by atoms with Gasteiger partial charge in [-0.3, -0.25) is 4.99 Å². The Hall–Kier alpha value is -1.51. The molecule has 16 heavy (non-hydrogen) atoms. The van der Waals surface area contributed by atoms with Crippen molar-refractivity contribution in [1.82, 2.24) is 4.90 Å². The molecule has 0 radical (unpaired) electrons. The molecule has 3 rings (SSSR count). The molecule has 1 heterocycles. The number of rotatable bonds is 0. The van der Waals surface area contributed by atoms with Crippen molar-refractivity contribution >= 4 is 5.96 Å². The van der Waals surface area contributed by atoms with Crippen LogP contribution in [0.25, 0.3) is 0 Å². The molecular formula is C13H17N3. The molecule has 1 aliphatic carbocycles. The van der Waals surface area contributed by atoms with Gasteiger partial charge >= 0.3 is 0 Å². The minimum atomic E-state index is 0.151.